The number of benzene rings is 1. The first kappa shape index (κ1) is 15.4. The Morgan fingerprint density at radius 3 is 2.83 bits per heavy atom. The molecule has 0 fully saturated rings. The summed E-state index contributed by atoms with van der Waals surface area (Å²) in [5, 5.41) is 9.78. The highest BCUT2D eigenvalue weighted by Crippen LogP contribution is 2.14. The van der Waals surface area contributed by atoms with Gasteiger partial charge in [0.15, 0.2) is 0 Å². The Morgan fingerprint density at radius 2 is 2.09 bits per heavy atom. The van der Waals surface area contributed by atoms with Gasteiger partial charge in [0.1, 0.15) is 5.69 Å². The summed E-state index contributed by atoms with van der Waals surface area (Å²) < 4.78 is 1.81. The summed E-state index contributed by atoms with van der Waals surface area (Å²) in [6.07, 6.45) is 3.27. The Labute approximate surface area is 139 Å². The molecule has 6 heteroatoms. The molecule has 23 heavy (non-hydrogen) atoms. The third-order valence-corrected chi connectivity index (χ3v) is 4.42. The van der Waals surface area contributed by atoms with Gasteiger partial charge in [-0.05, 0) is 11.6 Å². The molecule has 0 saturated heterocycles. The lowest BCUT2D eigenvalue weighted by Crippen LogP contribution is -2.26. The summed E-state index contributed by atoms with van der Waals surface area (Å²) in [5.41, 5.74) is 2.78. The smallest absolute Gasteiger partial charge is 0.270 e. The highest BCUT2D eigenvalue weighted by Gasteiger charge is 2.11. The first-order valence-electron chi connectivity index (χ1n) is 7.46. The van der Waals surface area contributed by atoms with Crippen LogP contribution in [0.15, 0.2) is 48.0 Å². The van der Waals surface area contributed by atoms with Gasteiger partial charge in [-0.25, -0.2) is 4.98 Å². The summed E-state index contributed by atoms with van der Waals surface area (Å²) in [6.45, 7) is 0.573. The van der Waals surface area contributed by atoms with Gasteiger partial charge in [0.25, 0.3) is 5.91 Å². The van der Waals surface area contributed by atoms with E-state index in [9.17, 15) is 4.79 Å². The number of hydrogen-bond acceptors (Lipinski definition) is 4. The molecule has 2 aromatic heterocycles. The van der Waals surface area contributed by atoms with Crippen LogP contribution in [0.25, 0.3) is 0 Å². The van der Waals surface area contributed by atoms with Gasteiger partial charge in [-0.1, -0.05) is 30.3 Å². The van der Waals surface area contributed by atoms with E-state index in [2.05, 4.69) is 27.5 Å². The van der Waals surface area contributed by atoms with E-state index in [1.807, 2.05) is 41.4 Å². The van der Waals surface area contributed by atoms with E-state index in [0.717, 1.165) is 23.5 Å². The van der Waals surface area contributed by atoms with E-state index in [1.54, 1.807) is 6.20 Å². The molecule has 118 valence electrons. The second-order valence-electron chi connectivity index (χ2n) is 5.24. The van der Waals surface area contributed by atoms with E-state index in [4.69, 9.17) is 0 Å². The van der Waals surface area contributed by atoms with Crippen molar-refractivity contribution in [2.75, 3.05) is 6.54 Å². The first-order valence-corrected chi connectivity index (χ1v) is 8.34. The molecule has 0 unspecified atom stereocenters. The third-order valence-electron chi connectivity index (χ3n) is 3.57. The zero-order valence-corrected chi connectivity index (χ0v) is 13.7. The van der Waals surface area contributed by atoms with Crippen molar-refractivity contribution in [2.45, 2.75) is 12.8 Å². The minimum Gasteiger partial charge on any atom is -0.350 e. The Bertz CT molecular complexity index is 779. The first-order chi connectivity index (χ1) is 11.2. The number of hydrogen-bond donors (Lipinski definition) is 1. The summed E-state index contributed by atoms with van der Waals surface area (Å²) in [6, 6.07) is 12.1. The van der Waals surface area contributed by atoms with Gasteiger partial charge < -0.3 is 5.32 Å². The summed E-state index contributed by atoms with van der Waals surface area (Å²) in [4.78, 5) is 16.6. The van der Waals surface area contributed by atoms with E-state index >= 15 is 0 Å². The molecule has 1 N–H and O–H groups in total. The quantitative estimate of drug-likeness (QED) is 0.757. The minimum absolute atomic E-state index is 0.122. The van der Waals surface area contributed by atoms with Crippen molar-refractivity contribution in [3.05, 3.63) is 69.9 Å². The highest BCUT2D eigenvalue weighted by atomic mass is 32.1. The van der Waals surface area contributed by atoms with Gasteiger partial charge in [0.2, 0.25) is 0 Å². The summed E-state index contributed by atoms with van der Waals surface area (Å²) in [7, 11) is 1.90. The Morgan fingerprint density at radius 1 is 1.26 bits per heavy atom. The molecule has 0 radical (unpaired) electrons. The van der Waals surface area contributed by atoms with E-state index in [0.29, 0.717) is 12.2 Å². The predicted octanol–water partition coefficient (Wildman–Crippen LogP) is 2.44. The Balaban J connectivity index is 1.53. The Hall–Kier alpha value is -2.47. The number of nitrogens with zero attached hydrogens (tertiary/aromatic N) is 3. The molecule has 0 aliphatic rings. The number of aryl methyl sites for hydroxylation is 1. The molecule has 3 aromatic rings. The van der Waals surface area contributed by atoms with E-state index < -0.39 is 0 Å². The van der Waals surface area contributed by atoms with Gasteiger partial charge in [-0.2, -0.15) is 5.10 Å². The van der Waals surface area contributed by atoms with Crippen molar-refractivity contribution in [3.8, 4) is 0 Å². The number of amides is 1. The molecule has 0 aliphatic carbocycles. The molecule has 1 aromatic carbocycles. The molecule has 0 bridgehead atoms. The second kappa shape index (κ2) is 7.19. The van der Waals surface area contributed by atoms with Crippen LogP contribution in [0.1, 0.15) is 26.8 Å². The monoisotopic (exact) mass is 326 g/mol. The molecular weight excluding hydrogens is 308 g/mol. The molecular formula is C17H18N4OS. The number of aromatic nitrogens is 3. The highest BCUT2D eigenvalue weighted by molar-refractivity contribution is 7.09. The fourth-order valence-corrected chi connectivity index (χ4v) is 3.12. The van der Waals surface area contributed by atoms with Gasteiger partial charge in [0, 0.05) is 43.7 Å². The van der Waals surface area contributed by atoms with Crippen molar-refractivity contribution in [3.63, 3.8) is 0 Å². The predicted molar refractivity (Wildman–Crippen MR) is 90.6 cm³/mol. The fraction of sp³-hybridized carbons (Fsp3) is 0.235. The zero-order valence-electron chi connectivity index (χ0n) is 12.9. The standard InChI is InChI=1S/C17H18N4OS/c1-21-14(8-10-19-21)7-9-18-17(22)15-12-23-16(20-15)11-13-5-3-2-4-6-13/h2-6,8,10,12H,7,9,11H2,1H3,(H,18,22). The van der Waals surface area contributed by atoms with Crippen molar-refractivity contribution < 1.29 is 4.79 Å². The topological polar surface area (TPSA) is 59.8 Å². The van der Waals surface area contributed by atoms with E-state index in [1.165, 1.54) is 16.9 Å². The molecule has 1 amide bonds. The van der Waals surface area contributed by atoms with Crippen LogP contribution in [0.5, 0.6) is 0 Å². The fourth-order valence-electron chi connectivity index (χ4n) is 2.31. The molecule has 0 saturated carbocycles. The van der Waals surface area contributed by atoms with Crippen LogP contribution in [-0.2, 0) is 19.9 Å². The number of carbonyl (C=O) groups is 1. The van der Waals surface area contributed by atoms with Crippen LogP contribution in [0, 0.1) is 0 Å². The number of carbonyl (C=O) groups excluding carboxylic acids is 1. The van der Waals surface area contributed by atoms with Crippen LogP contribution in [0.2, 0.25) is 0 Å². The van der Waals surface area contributed by atoms with Crippen molar-refractivity contribution in [1.29, 1.82) is 0 Å². The van der Waals surface area contributed by atoms with Crippen LogP contribution >= 0.6 is 11.3 Å². The maximum Gasteiger partial charge on any atom is 0.270 e. The molecule has 0 spiro atoms. The van der Waals surface area contributed by atoms with Crippen molar-refractivity contribution >= 4 is 17.2 Å². The molecule has 5 nitrogen and oxygen atoms in total. The molecule has 3 rings (SSSR count). The summed E-state index contributed by atoms with van der Waals surface area (Å²) >= 11 is 1.52. The maximum atomic E-state index is 12.1. The van der Waals surface area contributed by atoms with E-state index in [-0.39, 0.29) is 5.91 Å². The molecule has 2 heterocycles. The molecule has 0 atom stereocenters. The Kier molecular flexibility index (Phi) is 4.83. The lowest BCUT2D eigenvalue weighted by molar-refractivity contribution is 0.0949. The average Bonchev–Trinajstić information content (AvgIpc) is 3.18. The van der Waals surface area contributed by atoms with Crippen LogP contribution in [0.4, 0.5) is 0 Å². The molecule has 0 aliphatic heterocycles. The number of nitrogens with one attached hydrogen (secondary N) is 1. The van der Waals surface area contributed by atoms with Gasteiger partial charge in [-0.3, -0.25) is 9.48 Å². The normalized spacial score (nSPS) is 10.7. The zero-order chi connectivity index (χ0) is 16.1. The van der Waals surface area contributed by atoms with Crippen molar-refractivity contribution in [1.82, 2.24) is 20.1 Å². The SMILES string of the molecule is Cn1nccc1CCNC(=O)c1csc(Cc2ccccc2)n1. The van der Waals surface area contributed by atoms with Crippen LogP contribution < -0.4 is 5.32 Å². The number of rotatable bonds is 6. The summed E-state index contributed by atoms with van der Waals surface area (Å²) in [5.74, 6) is -0.122. The van der Waals surface area contributed by atoms with Gasteiger partial charge in [0.05, 0.1) is 5.01 Å². The second-order valence-corrected chi connectivity index (χ2v) is 6.18. The minimum atomic E-state index is -0.122. The van der Waals surface area contributed by atoms with Crippen molar-refractivity contribution in [2.24, 2.45) is 7.05 Å². The van der Waals surface area contributed by atoms with Gasteiger partial charge >= 0.3 is 0 Å². The third kappa shape index (κ3) is 4.04. The maximum absolute atomic E-state index is 12.1. The largest absolute Gasteiger partial charge is 0.350 e. The van der Waals surface area contributed by atoms with Gasteiger partial charge in [-0.15, -0.1) is 11.3 Å². The lowest BCUT2D eigenvalue weighted by atomic mass is 10.2. The average molecular weight is 326 g/mol. The van der Waals surface area contributed by atoms with Crippen LogP contribution in [0.3, 0.4) is 0 Å². The van der Waals surface area contributed by atoms with Crippen LogP contribution in [-0.4, -0.2) is 27.2 Å². The number of thiazole rings is 1. The lowest BCUT2D eigenvalue weighted by Gasteiger charge is -2.03.